The molecule has 2 aromatic heterocycles. The van der Waals surface area contributed by atoms with Crippen molar-refractivity contribution < 1.29 is 22.6 Å². The topological polar surface area (TPSA) is 93.3 Å². The van der Waals surface area contributed by atoms with Crippen LogP contribution in [0.1, 0.15) is 31.9 Å². The standard InChI is InChI=1S/C23H22F3N5O3/c1-3-15-12-18(33-16-5-7-17(8-6-16)34-23(24,25)26)10-11-31(15)21-20-19(30(2)22(32)29-21)9-4-14(13-27)28-20/h4-9,15,18H,3,10-12H2,1-2H3/t15-,18-/m0/s1. The highest BCUT2D eigenvalue weighted by Gasteiger charge is 2.32. The third kappa shape index (κ3) is 4.90. The summed E-state index contributed by atoms with van der Waals surface area (Å²) in [5.74, 6) is 0.573. The number of piperidine rings is 1. The first kappa shape index (κ1) is 23.4. The van der Waals surface area contributed by atoms with Gasteiger partial charge in [-0.15, -0.1) is 13.2 Å². The molecule has 0 saturated carbocycles. The molecule has 1 saturated heterocycles. The maximum absolute atomic E-state index is 12.5. The number of fused-ring (bicyclic) bond motifs is 1. The Balaban J connectivity index is 1.55. The molecule has 3 heterocycles. The zero-order valence-corrected chi connectivity index (χ0v) is 18.5. The molecule has 3 aromatic rings. The number of anilines is 1. The highest BCUT2D eigenvalue weighted by molar-refractivity contribution is 5.86. The van der Waals surface area contributed by atoms with Gasteiger partial charge < -0.3 is 14.4 Å². The number of halogens is 3. The van der Waals surface area contributed by atoms with E-state index in [1.54, 1.807) is 19.2 Å². The summed E-state index contributed by atoms with van der Waals surface area (Å²) in [4.78, 5) is 23.2. The van der Waals surface area contributed by atoms with Gasteiger partial charge in [-0.2, -0.15) is 10.2 Å². The van der Waals surface area contributed by atoms with Crippen LogP contribution in [-0.4, -0.2) is 39.6 Å². The summed E-state index contributed by atoms with van der Waals surface area (Å²) in [7, 11) is 1.61. The molecule has 8 nitrogen and oxygen atoms in total. The molecule has 34 heavy (non-hydrogen) atoms. The van der Waals surface area contributed by atoms with Crippen LogP contribution < -0.4 is 20.1 Å². The summed E-state index contributed by atoms with van der Waals surface area (Å²) in [6.07, 6.45) is -2.95. The van der Waals surface area contributed by atoms with E-state index < -0.39 is 12.1 Å². The number of hydrogen-bond acceptors (Lipinski definition) is 7. The fourth-order valence-electron chi connectivity index (χ4n) is 4.17. The van der Waals surface area contributed by atoms with Crippen molar-refractivity contribution in [1.82, 2.24) is 14.5 Å². The van der Waals surface area contributed by atoms with Crippen molar-refractivity contribution in [2.45, 2.75) is 44.7 Å². The predicted molar refractivity (Wildman–Crippen MR) is 118 cm³/mol. The number of nitriles is 1. The van der Waals surface area contributed by atoms with Crippen molar-refractivity contribution in [1.29, 1.82) is 5.26 Å². The molecular weight excluding hydrogens is 451 g/mol. The van der Waals surface area contributed by atoms with Gasteiger partial charge in [0.25, 0.3) is 0 Å². The Labute approximate surface area is 193 Å². The SMILES string of the molecule is CC[C@H]1C[C@@H](Oc2ccc(OC(F)(F)F)cc2)CCN1c1nc(=O)n(C)c2ccc(C#N)nc12. The third-order valence-electron chi connectivity index (χ3n) is 5.82. The molecule has 11 heteroatoms. The summed E-state index contributed by atoms with van der Waals surface area (Å²) in [5.41, 5.74) is 0.893. The molecule has 0 amide bonds. The van der Waals surface area contributed by atoms with E-state index in [-0.39, 0.29) is 23.6 Å². The predicted octanol–water partition coefficient (Wildman–Crippen LogP) is 3.93. The Morgan fingerprint density at radius 3 is 2.50 bits per heavy atom. The molecule has 0 N–H and O–H groups in total. The summed E-state index contributed by atoms with van der Waals surface area (Å²) < 4.78 is 48.4. The van der Waals surface area contributed by atoms with E-state index >= 15 is 0 Å². The number of aryl methyl sites for hydroxylation is 1. The van der Waals surface area contributed by atoms with E-state index in [0.29, 0.717) is 42.0 Å². The van der Waals surface area contributed by atoms with Crippen LogP contribution in [0.5, 0.6) is 11.5 Å². The van der Waals surface area contributed by atoms with Gasteiger partial charge in [0, 0.05) is 32.5 Å². The fourth-order valence-corrected chi connectivity index (χ4v) is 4.17. The van der Waals surface area contributed by atoms with E-state index in [2.05, 4.69) is 14.7 Å². The third-order valence-corrected chi connectivity index (χ3v) is 5.82. The molecule has 1 aromatic carbocycles. The van der Waals surface area contributed by atoms with Gasteiger partial charge in [-0.1, -0.05) is 6.92 Å². The largest absolute Gasteiger partial charge is 0.573 e. The number of rotatable bonds is 5. The molecule has 0 radical (unpaired) electrons. The van der Waals surface area contributed by atoms with Gasteiger partial charge in [-0.05, 0) is 42.8 Å². The lowest BCUT2D eigenvalue weighted by molar-refractivity contribution is -0.274. The van der Waals surface area contributed by atoms with Gasteiger partial charge in [-0.3, -0.25) is 4.57 Å². The van der Waals surface area contributed by atoms with E-state index in [9.17, 15) is 23.2 Å². The van der Waals surface area contributed by atoms with Crippen LogP contribution in [0.15, 0.2) is 41.2 Å². The zero-order valence-electron chi connectivity index (χ0n) is 18.5. The van der Waals surface area contributed by atoms with Gasteiger partial charge in [0.15, 0.2) is 5.82 Å². The minimum Gasteiger partial charge on any atom is -0.490 e. The highest BCUT2D eigenvalue weighted by Crippen LogP contribution is 2.32. The number of benzene rings is 1. The summed E-state index contributed by atoms with van der Waals surface area (Å²) >= 11 is 0. The monoisotopic (exact) mass is 473 g/mol. The van der Waals surface area contributed by atoms with Crippen molar-refractivity contribution in [3.8, 4) is 17.6 Å². The van der Waals surface area contributed by atoms with Gasteiger partial charge in [0.2, 0.25) is 0 Å². The quantitative estimate of drug-likeness (QED) is 0.554. The maximum atomic E-state index is 12.5. The lowest BCUT2D eigenvalue weighted by Gasteiger charge is -2.40. The summed E-state index contributed by atoms with van der Waals surface area (Å²) in [6.45, 7) is 2.55. The minimum atomic E-state index is -4.75. The average Bonchev–Trinajstić information content (AvgIpc) is 2.81. The van der Waals surface area contributed by atoms with Gasteiger partial charge >= 0.3 is 12.1 Å². The summed E-state index contributed by atoms with van der Waals surface area (Å²) in [5, 5.41) is 9.27. The lowest BCUT2D eigenvalue weighted by Crippen LogP contribution is -2.47. The molecular formula is C23H22F3N5O3. The number of hydrogen-bond donors (Lipinski definition) is 0. The fraction of sp³-hybridized carbons (Fsp3) is 0.391. The molecule has 1 aliphatic heterocycles. The first-order valence-corrected chi connectivity index (χ1v) is 10.8. The van der Waals surface area contributed by atoms with E-state index in [1.165, 1.54) is 28.8 Å². The van der Waals surface area contributed by atoms with Gasteiger partial charge in [0.05, 0.1) is 5.52 Å². The normalized spacial score (nSPS) is 18.5. The Hall–Kier alpha value is -3.81. The molecule has 2 atom stereocenters. The van der Waals surface area contributed by atoms with Crippen LogP contribution in [0.2, 0.25) is 0 Å². The van der Waals surface area contributed by atoms with Crippen LogP contribution in [0, 0.1) is 11.3 Å². The van der Waals surface area contributed by atoms with Crippen LogP contribution in [0.4, 0.5) is 19.0 Å². The first-order valence-electron chi connectivity index (χ1n) is 10.8. The Morgan fingerprint density at radius 2 is 1.85 bits per heavy atom. The summed E-state index contributed by atoms with van der Waals surface area (Å²) in [6, 6.07) is 10.6. The van der Waals surface area contributed by atoms with Crippen LogP contribution in [0.25, 0.3) is 11.0 Å². The average molecular weight is 473 g/mol. The molecule has 0 aliphatic carbocycles. The second kappa shape index (κ2) is 9.21. The Kier molecular flexibility index (Phi) is 6.32. The first-order chi connectivity index (χ1) is 16.2. The van der Waals surface area contributed by atoms with Crippen molar-refractivity contribution in [3.05, 3.63) is 52.6 Å². The van der Waals surface area contributed by atoms with Crippen molar-refractivity contribution in [2.75, 3.05) is 11.4 Å². The Bertz CT molecular complexity index is 1280. The van der Waals surface area contributed by atoms with E-state index in [0.717, 1.165) is 6.42 Å². The molecule has 0 spiro atoms. The second-order valence-corrected chi connectivity index (χ2v) is 7.99. The van der Waals surface area contributed by atoms with Crippen LogP contribution >= 0.6 is 0 Å². The number of ether oxygens (including phenoxy) is 2. The maximum Gasteiger partial charge on any atom is 0.573 e. The number of aromatic nitrogens is 3. The van der Waals surface area contributed by atoms with Crippen LogP contribution in [-0.2, 0) is 7.05 Å². The number of alkyl halides is 3. The zero-order chi connectivity index (χ0) is 24.5. The number of nitrogens with zero attached hydrogens (tertiary/aromatic N) is 5. The van der Waals surface area contributed by atoms with E-state index in [4.69, 9.17) is 4.74 Å². The van der Waals surface area contributed by atoms with Crippen LogP contribution in [0.3, 0.4) is 0 Å². The molecule has 4 rings (SSSR count). The van der Waals surface area contributed by atoms with Gasteiger partial charge in [-0.25, -0.2) is 9.78 Å². The van der Waals surface area contributed by atoms with Crippen molar-refractivity contribution in [2.24, 2.45) is 7.05 Å². The smallest absolute Gasteiger partial charge is 0.490 e. The minimum absolute atomic E-state index is 0.0121. The highest BCUT2D eigenvalue weighted by atomic mass is 19.4. The van der Waals surface area contributed by atoms with Gasteiger partial charge in [0.1, 0.15) is 34.9 Å². The van der Waals surface area contributed by atoms with Crippen molar-refractivity contribution in [3.63, 3.8) is 0 Å². The lowest BCUT2D eigenvalue weighted by atomic mass is 9.97. The number of pyridine rings is 1. The molecule has 1 aliphatic rings. The van der Waals surface area contributed by atoms with E-state index in [1.807, 2.05) is 17.9 Å². The Morgan fingerprint density at radius 1 is 1.15 bits per heavy atom. The molecule has 0 bridgehead atoms. The molecule has 0 unspecified atom stereocenters. The second-order valence-electron chi connectivity index (χ2n) is 7.99. The molecule has 178 valence electrons. The van der Waals surface area contributed by atoms with Crippen molar-refractivity contribution >= 4 is 16.9 Å². The molecule has 1 fully saturated rings.